The predicted octanol–water partition coefficient (Wildman–Crippen LogP) is 1.55. The minimum atomic E-state index is 0.109. The molecule has 1 saturated carbocycles. The molecule has 1 unspecified atom stereocenters. The molecule has 0 spiro atoms. The van der Waals surface area contributed by atoms with Crippen LogP contribution in [0.2, 0.25) is 0 Å². The molecule has 0 aromatic heterocycles. The number of hydrogen-bond acceptors (Lipinski definition) is 3. The fourth-order valence-electron chi connectivity index (χ4n) is 2.43. The van der Waals surface area contributed by atoms with Crippen LogP contribution in [-0.4, -0.2) is 37.5 Å². The first-order valence-electron chi connectivity index (χ1n) is 6.16. The second-order valence-corrected chi connectivity index (χ2v) is 4.63. The summed E-state index contributed by atoms with van der Waals surface area (Å²) >= 11 is 0. The standard InChI is InChI=1S/C12H25NO2/c1-3-10-4-6-11(7-5-10)13-12(8-14)9-15-2/h10-14H,3-9H2,1-2H3. The maximum atomic E-state index is 9.14. The molecular weight excluding hydrogens is 190 g/mol. The number of aliphatic hydroxyl groups is 1. The van der Waals surface area contributed by atoms with Gasteiger partial charge in [-0.2, -0.15) is 0 Å². The van der Waals surface area contributed by atoms with Crippen LogP contribution in [-0.2, 0) is 4.74 Å². The first-order chi connectivity index (χ1) is 7.30. The van der Waals surface area contributed by atoms with Gasteiger partial charge in [0, 0.05) is 13.2 Å². The number of hydrogen-bond donors (Lipinski definition) is 2. The Kier molecular flexibility index (Phi) is 6.22. The van der Waals surface area contributed by atoms with Gasteiger partial charge < -0.3 is 15.2 Å². The summed E-state index contributed by atoms with van der Waals surface area (Å²) in [5.41, 5.74) is 0. The van der Waals surface area contributed by atoms with E-state index in [0.29, 0.717) is 12.6 Å². The molecular formula is C12H25NO2. The van der Waals surface area contributed by atoms with E-state index in [1.165, 1.54) is 32.1 Å². The van der Waals surface area contributed by atoms with Crippen LogP contribution in [0.1, 0.15) is 39.0 Å². The Morgan fingerprint density at radius 1 is 1.33 bits per heavy atom. The van der Waals surface area contributed by atoms with Crippen LogP contribution in [0.4, 0.5) is 0 Å². The lowest BCUT2D eigenvalue weighted by Gasteiger charge is -2.31. The molecule has 1 rings (SSSR count). The van der Waals surface area contributed by atoms with Gasteiger partial charge in [0.25, 0.3) is 0 Å². The highest BCUT2D eigenvalue weighted by atomic mass is 16.5. The summed E-state index contributed by atoms with van der Waals surface area (Å²) < 4.78 is 5.06. The Balaban J connectivity index is 2.21. The van der Waals surface area contributed by atoms with Crippen molar-refractivity contribution >= 4 is 0 Å². The largest absolute Gasteiger partial charge is 0.395 e. The zero-order chi connectivity index (χ0) is 11.1. The van der Waals surface area contributed by atoms with Gasteiger partial charge in [-0.05, 0) is 31.6 Å². The molecule has 3 heteroatoms. The summed E-state index contributed by atoms with van der Waals surface area (Å²) in [7, 11) is 1.68. The van der Waals surface area contributed by atoms with Crippen LogP contribution >= 0.6 is 0 Å². The van der Waals surface area contributed by atoms with E-state index in [9.17, 15) is 0 Å². The molecule has 0 aromatic rings. The van der Waals surface area contributed by atoms with Crippen molar-refractivity contribution < 1.29 is 9.84 Å². The zero-order valence-electron chi connectivity index (χ0n) is 10.0. The first kappa shape index (κ1) is 12.9. The number of methoxy groups -OCH3 is 1. The third-order valence-electron chi connectivity index (χ3n) is 3.48. The van der Waals surface area contributed by atoms with Crippen LogP contribution in [0, 0.1) is 5.92 Å². The van der Waals surface area contributed by atoms with Gasteiger partial charge >= 0.3 is 0 Å². The highest BCUT2D eigenvalue weighted by molar-refractivity contribution is 4.79. The maximum Gasteiger partial charge on any atom is 0.0638 e. The van der Waals surface area contributed by atoms with E-state index in [4.69, 9.17) is 9.84 Å². The summed E-state index contributed by atoms with van der Waals surface area (Å²) in [4.78, 5) is 0. The molecule has 0 radical (unpaired) electrons. The quantitative estimate of drug-likeness (QED) is 0.706. The van der Waals surface area contributed by atoms with E-state index in [2.05, 4.69) is 12.2 Å². The monoisotopic (exact) mass is 215 g/mol. The Morgan fingerprint density at radius 2 is 2.00 bits per heavy atom. The summed E-state index contributed by atoms with van der Waals surface area (Å²) in [5, 5.41) is 12.6. The van der Waals surface area contributed by atoms with E-state index < -0.39 is 0 Å². The first-order valence-corrected chi connectivity index (χ1v) is 6.16. The molecule has 1 aliphatic carbocycles. The summed E-state index contributed by atoms with van der Waals surface area (Å²) in [5.74, 6) is 0.929. The van der Waals surface area contributed by atoms with Gasteiger partial charge in [0.2, 0.25) is 0 Å². The van der Waals surface area contributed by atoms with Gasteiger partial charge in [0.1, 0.15) is 0 Å². The number of aliphatic hydroxyl groups excluding tert-OH is 1. The number of nitrogens with one attached hydrogen (secondary N) is 1. The van der Waals surface area contributed by atoms with Crippen LogP contribution < -0.4 is 5.32 Å². The lowest BCUT2D eigenvalue weighted by Crippen LogP contribution is -2.44. The summed E-state index contributed by atoms with van der Waals surface area (Å²) in [6, 6.07) is 0.693. The molecule has 1 aliphatic rings. The zero-order valence-corrected chi connectivity index (χ0v) is 10.0. The Morgan fingerprint density at radius 3 is 2.47 bits per heavy atom. The topological polar surface area (TPSA) is 41.5 Å². The normalized spacial score (nSPS) is 29.0. The van der Waals surface area contributed by atoms with Crippen molar-refractivity contribution in [3.05, 3.63) is 0 Å². The van der Waals surface area contributed by atoms with E-state index in [-0.39, 0.29) is 12.6 Å². The average Bonchev–Trinajstić information content (AvgIpc) is 2.29. The molecule has 3 nitrogen and oxygen atoms in total. The highest BCUT2D eigenvalue weighted by Gasteiger charge is 2.21. The van der Waals surface area contributed by atoms with Crippen molar-refractivity contribution in [1.29, 1.82) is 0 Å². The summed E-state index contributed by atoms with van der Waals surface area (Å²) in [6.45, 7) is 3.05. The molecule has 2 N–H and O–H groups in total. The fourth-order valence-corrected chi connectivity index (χ4v) is 2.43. The van der Waals surface area contributed by atoms with Crippen molar-refractivity contribution in [3.8, 4) is 0 Å². The van der Waals surface area contributed by atoms with Gasteiger partial charge in [0.05, 0.1) is 19.3 Å². The average molecular weight is 215 g/mol. The van der Waals surface area contributed by atoms with Crippen molar-refractivity contribution in [3.63, 3.8) is 0 Å². The Bertz CT molecular complexity index is 156. The van der Waals surface area contributed by atoms with Crippen molar-refractivity contribution in [2.45, 2.75) is 51.1 Å². The molecule has 0 heterocycles. The van der Waals surface area contributed by atoms with Crippen molar-refractivity contribution in [2.75, 3.05) is 20.3 Å². The molecule has 90 valence electrons. The van der Waals surface area contributed by atoms with Crippen molar-refractivity contribution in [1.82, 2.24) is 5.32 Å². The van der Waals surface area contributed by atoms with Crippen LogP contribution in [0.25, 0.3) is 0 Å². The second-order valence-electron chi connectivity index (χ2n) is 4.63. The van der Waals surface area contributed by atoms with Gasteiger partial charge in [-0.3, -0.25) is 0 Å². The molecule has 0 bridgehead atoms. The van der Waals surface area contributed by atoms with E-state index in [0.717, 1.165) is 5.92 Å². The van der Waals surface area contributed by atoms with Gasteiger partial charge in [-0.15, -0.1) is 0 Å². The molecule has 0 aliphatic heterocycles. The van der Waals surface area contributed by atoms with E-state index in [1.807, 2.05) is 0 Å². The van der Waals surface area contributed by atoms with Gasteiger partial charge in [0.15, 0.2) is 0 Å². The predicted molar refractivity (Wildman–Crippen MR) is 61.9 cm³/mol. The highest BCUT2D eigenvalue weighted by Crippen LogP contribution is 2.26. The molecule has 1 atom stereocenters. The maximum absolute atomic E-state index is 9.14. The Labute approximate surface area is 93.2 Å². The lowest BCUT2D eigenvalue weighted by molar-refractivity contribution is 0.115. The van der Waals surface area contributed by atoms with Crippen LogP contribution in [0.5, 0.6) is 0 Å². The molecule has 0 aromatic carbocycles. The van der Waals surface area contributed by atoms with Gasteiger partial charge in [-0.1, -0.05) is 13.3 Å². The summed E-state index contributed by atoms with van der Waals surface area (Å²) in [6.07, 6.45) is 6.48. The SMILES string of the molecule is CCC1CCC(NC(CO)COC)CC1. The minimum Gasteiger partial charge on any atom is -0.395 e. The van der Waals surface area contributed by atoms with Gasteiger partial charge in [-0.25, -0.2) is 0 Å². The number of rotatable bonds is 6. The second kappa shape index (κ2) is 7.20. The Hall–Kier alpha value is -0.120. The van der Waals surface area contributed by atoms with E-state index >= 15 is 0 Å². The van der Waals surface area contributed by atoms with E-state index in [1.54, 1.807) is 7.11 Å². The fraction of sp³-hybridized carbons (Fsp3) is 1.00. The smallest absolute Gasteiger partial charge is 0.0638 e. The number of ether oxygens (including phenoxy) is 1. The molecule has 1 fully saturated rings. The lowest BCUT2D eigenvalue weighted by atomic mass is 9.84. The minimum absolute atomic E-state index is 0.109. The molecule has 0 amide bonds. The third kappa shape index (κ3) is 4.49. The van der Waals surface area contributed by atoms with Crippen LogP contribution in [0.3, 0.4) is 0 Å². The molecule has 0 saturated heterocycles. The molecule has 15 heavy (non-hydrogen) atoms. The van der Waals surface area contributed by atoms with Crippen LogP contribution in [0.15, 0.2) is 0 Å². The van der Waals surface area contributed by atoms with Crippen molar-refractivity contribution in [2.24, 2.45) is 5.92 Å². The third-order valence-corrected chi connectivity index (χ3v) is 3.48.